The summed E-state index contributed by atoms with van der Waals surface area (Å²) in [6.45, 7) is 0. The molecule has 0 spiro atoms. The van der Waals surface area contributed by atoms with Crippen molar-refractivity contribution < 1.29 is 4.39 Å². The average molecular weight is 223 g/mol. The molecular formula is C8H6FN5S. The second-order valence-electron chi connectivity index (χ2n) is 2.58. The zero-order chi connectivity index (χ0) is 10.7. The standard InChI is InChI=1S/C8H6FN5S/c1-15-8-13-11-7(12-14-8)5-2-3-6(9)10-4-5/h2-4H,1H3. The molecule has 0 aliphatic rings. The van der Waals surface area contributed by atoms with E-state index < -0.39 is 5.95 Å². The van der Waals surface area contributed by atoms with Crippen LogP contribution in [0.25, 0.3) is 11.4 Å². The van der Waals surface area contributed by atoms with Crippen molar-refractivity contribution in [2.24, 2.45) is 0 Å². The summed E-state index contributed by atoms with van der Waals surface area (Å²) in [5, 5.41) is 15.8. The molecule has 0 atom stereocenters. The third-order valence-corrected chi connectivity index (χ3v) is 2.16. The second-order valence-corrected chi connectivity index (χ2v) is 3.35. The van der Waals surface area contributed by atoms with Gasteiger partial charge in [-0.25, -0.2) is 4.98 Å². The van der Waals surface area contributed by atoms with Crippen molar-refractivity contribution in [3.05, 3.63) is 24.3 Å². The van der Waals surface area contributed by atoms with E-state index in [1.54, 1.807) is 0 Å². The zero-order valence-corrected chi connectivity index (χ0v) is 8.57. The summed E-state index contributed by atoms with van der Waals surface area (Å²) < 4.78 is 12.5. The predicted octanol–water partition coefficient (Wildman–Crippen LogP) is 1.19. The van der Waals surface area contributed by atoms with E-state index in [1.807, 2.05) is 6.26 Å². The first-order valence-electron chi connectivity index (χ1n) is 4.03. The lowest BCUT2D eigenvalue weighted by Crippen LogP contribution is -1.98. The Hall–Kier alpha value is -1.63. The minimum atomic E-state index is -0.541. The molecule has 0 aliphatic heterocycles. The van der Waals surface area contributed by atoms with Crippen LogP contribution in [-0.4, -0.2) is 31.6 Å². The van der Waals surface area contributed by atoms with Crippen LogP contribution < -0.4 is 0 Å². The SMILES string of the molecule is CSc1nnc(-c2ccc(F)nc2)nn1. The Morgan fingerprint density at radius 3 is 2.40 bits per heavy atom. The number of nitrogens with zero attached hydrogens (tertiary/aromatic N) is 5. The number of thioether (sulfide) groups is 1. The van der Waals surface area contributed by atoms with Crippen LogP contribution in [0.4, 0.5) is 4.39 Å². The van der Waals surface area contributed by atoms with E-state index in [0.717, 1.165) is 0 Å². The van der Waals surface area contributed by atoms with Gasteiger partial charge in [0.1, 0.15) is 0 Å². The van der Waals surface area contributed by atoms with Crippen molar-refractivity contribution in [2.75, 3.05) is 6.26 Å². The molecule has 0 aromatic carbocycles. The summed E-state index contributed by atoms with van der Waals surface area (Å²) in [6, 6.07) is 2.76. The Kier molecular flexibility index (Phi) is 2.82. The largest absolute Gasteiger partial charge is 0.229 e. The molecule has 0 unspecified atom stereocenters. The highest BCUT2D eigenvalue weighted by Crippen LogP contribution is 2.12. The van der Waals surface area contributed by atoms with Crippen LogP contribution in [0.15, 0.2) is 23.5 Å². The van der Waals surface area contributed by atoms with Crippen molar-refractivity contribution in [1.82, 2.24) is 25.4 Å². The summed E-state index contributed by atoms with van der Waals surface area (Å²) in [4.78, 5) is 3.49. The fourth-order valence-electron chi connectivity index (χ4n) is 0.925. The van der Waals surface area contributed by atoms with E-state index in [4.69, 9.17) is 0 Å². The summed E-state index contributed by atoms with van der Waals surface area (Å²) >= 11 is 1.35. The lowest BCUT2D eigenvalue weighted by atomic mass is 10.3. The Balaban J connectivity index is 2.33. The van der Waals surface area contributed by atoms with Crippen LogP contribution in [0.3, 0.4) is 0 Å². The summed E-state index contributed by atoms with van der Waals surface area (Å²) in [6.07, 6.45) is 3.17. The molecule has 0 N–H and O–H groups in total. The fourth-order valence-corrected chi connectivity index (χ4v) is 1.17. The van der Waals surface area contributed by atoms with Crippen molar-refractivity contribution in [3.63, 3.8) is 0 Å². The highest BCUT2D eigenvalue weighted by atomic mass is 32.2. The molecule has 7 heteroatoms. The molecule has 0 radical (unpaired) electrons. The highest BCUT2D eigenvalue weighted by Gasteiger charge is 2.04. The van der Waals surface area contributed by atoms with Gasteiger partial charge in [0, 0.05) is 11.8 Å². The molecule has 2 rings (SSSR count). The lowest BCUT2D eigenvalue weighted by Gasteiger charge is -1.97. The van der Waals surface area contributed by atoms with Crippen LogP contribution in [0, 0.1) is 5.95 Å². The maximum absolute atomic E-state index is 12.5. The molecule has 0 aliphatic carbocycles. The topological polar surface area (TPSA) is 64.5 Å². The Labute approximate surface area is 89.2 Å². The summed E-state index contributed by atoms with van der Waals surface area (Å²) in [7, 11) is 0. The molecule has 5 nitrogen and oxygen atoms in total. The van der Waals surface area contributed by atoms with Gasteiger partial charge < -0.3 is 0 Å². The lowest BCUT2D eigenvalue weighted by molar-refractivity contribution is 0.584. The van der Waals surface area contributed by atoms with Gasteiger partial charge in [0.05, 0.1) is 0 Å². The monoisotopic (exact) mass is 223 g/mol. The van der Waals surface area contributed by atoms with Gasteiger partial charge in [-0.1, -0.05) is 11.8 Å². The highest BCUT2D eigenvalue weighted by molar-refractivity contribution is 7.98. The number of halogens is 1. The third kappa shape index (κ3) is 2.24. The molecular weight excluding hydrogens is 217 g/mol. The zero-order valence-electron chi connectivity index (χ0n) is 7.75. The number of rotatable bonds is 2. The predicted molar refractivity (Wildman–Crippen MR) is 52.6 cm³/mol. The minimum absolute atomic E-state index is 0.334. The fraction of sp³-hybridized carbons (Fsp3) is 0.125. The molecule has 76 valence electrons. The number of hydrogen-bond acceptors (Lipinski definition) is 6. The maximum atomic E-state index is 12.5. The van der Waals surface area contributed by atoms with Crippen LogP contribution in [0.1, 0.15) is 0 Å². The Morgan fingerprint density at radius 1 is 1.13 bits per heavy atom. The van der Waals surface area contributed by atoms with Gasteiger partial charge in [-0.15, -0.1) is 20.4 Å². The van der Waals surface area contributed by atoms with E-state index in [9.17, 15) is 4.39 Å². The first kappa shape index (κ1) is 9.91. The van der Waals surface area contributed by atoms with Gasteiger partial charge in [-0.2, -0.15) is 4.39 Å². The Bertz CT molecular complexity index is 444. The number of hydrogen-bond donors (Lipinski definition) is 0. The summed E-state index contributed by atoms with van der Waals surface area (Å²) in [5.74, 6) is -0.208. The van der Waals surface area contributed by atoms with Crippen LogP contribution in [0.5, 0.6) is 0 Å². The molecule has 0 bridgehead atoms. The van der Waals surface area contributed by atoms with Crippen LogP contribution >= 0.6 is 11.8 Å². The number of aromatic nitrogens is 5. The molecule has 0 saturated heterocycles. The van der Waals surface area contributed by atoms with Gasteiger partial charge in [0.15, 0.2) is 0 Å². The number of pyridine rings is 1. The summed E-state index contributed by atoms with van der Waals surface area (Å²) in [5.41, 5.74) is 0.587. The average Bonchev–Trinajstić information content (AvgIpc) is 2.30. The van der Waals surface area contributed by atoms with E-state index in [1.165, 1.54) is 30.1 Å². The van der Waals surface area contributed by atoms with Gasteiger partial charge in [0.25, 0.3) is 0 Å². The van der Waals surface area contributed by atoms with Crippen molar-refractivity contribution in [3.8, 4) is 11.4 Å². The minimum Gasteiger partial charge on any atom is -0.228 e. The van der Waals surface area contributed by atoms with Gasteiger partial charge in [-0.3, -0.25) is 0 Å². The Morgan fingerprint density at radius 2 is 1.87 bits per heavy atom. The smallest absolute Gasteiger partial charge is 0.228 e. The molecule has 0 fully saturated rings. The van der Waals surface area contributed by atoms with Crippen LogP contribution in [-0.2, 0) is 0 Å². The van der Waals surface area contributed by atoms with Crippen molar-refractivity contribution >= 4 is 11.8 Å². The van der Waals surface area contributed by atoms with Gasteiger partial charge in [-0.05, 0) is 18.4 Å². The molecule has 2 aromatic heterocycles. The third-order valence-electron chi connectivity index (χ3n) is 1.63. The maximum Gasteiger partial charge on any atom is 0.229 e. The van der Waals surface area contributed by atoms with E-state index in [0.29, 0.717) is 16.5 Å². The normalized spacial score (nSPS) is 10.3. The van der Waals surface area contributed by atoms with Crippen LogP contribution in [0.2, 0.25) is 0 Å². The molecule has 15 heavy (non-hydrogen) atoms. The second kappa shape index (κ2) is 4.26. The molecule has 0 saturated carbocycles. The van der Waals surface area contributed by atoms with Crippen molar-refractivity contribution in [1.29, 1.82) is 0 Å². The molecule has 2 heterocycles. The quantitative estimate of drug-likeness (QED) is 0.563. The van der Waals surface area contributed by atoms with Gasteiger partial charge >= 0.3 is 0 Å². The van der Waals surface area contributed by atoms with Gasteiger partial charge in [0.2, 0.25) is 16.9 Å². The van der Waals surface area contributed by atoms with E-state index >= 15 is 0 Å². The molecule has 2 aromatic rings. The van der Waals surface area contributed by atoms with Crippen molar-refractivity contribution in [2.45, 2.75) is 5.16 Å². The first-order chi connectivity index (χ1) is 7.29. The molecule has 0 amide bonds. The van der Waals surface area contributed by atoms with E-state index in [-0.39, 0.29) is 0 Å². The first-order valence-corrected chi connectivity index (χ1v) is 5.25. The van der Waals surface area contributed by atoms with E-state index in [2.05, 4.69) is 25.4 Å².